The van der Waals surface area contributed by atoms with Gasteiger partial charge in [-0.3, -0.25) is 14.5 Å². The van der Waals surface area contributed by atoms with Gasteiger partial charge < -0.3 is 10.2 Å². The van der Waals surface area contributed by atoms with E-state index < -0.39 is 0 Å². The molecule has 1 aliphatic carbocycles. The number of carbonyl (C=O) groups excluding carboxylic acids is 2. The number of hydrogen-bond donors (Lipinski definition) is 1. The van der Waals surface area contributed by atoms with E-state index in [1.165, 1.54) is 0 Å². The minimum absolute atomic E-state index is 0.0761. The molecule has 5 nitrogen and oxygen atoms in total. The average molecular weight is 389 g/mol. The molecule has 0 atom stereocenters. The maximum Gasteiger partial charge on any atom is 0.212 e. The lowest BCUT2D eigenvalue weighted by molar-refractivity contribution is 0.0882. The number of allylic oxidation sites excluding steroid dienone is 2. The van der Waals surface area contributed by atoms with Crippen molar-refractivity contribution < 1.29 is 9.59 Å². The van der Waals surface area contributed by atoms with Gasteiger partial charge in [-0.1, -0.05) is 42.0 Å². The lowest BCUT2D eigenvalue weighted by atomic mass is 9.89. The molecule has 1 N–H and O–H groups in total. The molecule has 0 aromatic heterocycles. The molecule has 150 valence electrons. The Morgan fingerprint density at radius 1 is 0.828 bits per heavy atom. The molecule has 1 aliphatic heterocycles. The largest absolute Gasteiger partial charge is 0.364 e. The fraction of sp³-hybridized carbons (Fsp3) is 0.333. The lowest BCUT2D eigenvalue weighted by Gasteiger charge is -2.40. The zero-order chi connectivity index (χ0) is 20.5. The molecule has 0 bridgehead atoms. The second kappa shape index (κ2) is 7.84. The van der Waals surface area contributed by atoms with Crippen LogP contribution in [0.25, 0.3) is 0 Å². The van der Waals surface area contributed by atoms with Crippen molar-refractivity contribution in [3.63, 3.8) is 0 Å². The molecule has 1 saturated heterocycles. The van der Waals surface area contributed by atoms with Crippen LogP contribution in [0.4, 0.5) is 5.69 Å². The molecule has 0 saturated carbocycles. The van der Waals surface area contributed by atoms with Gasteiger partial charge in [-0.05, 0) is 32.9 Å². The van der Waals surface area contributed by atoms with Crippen molar-refractivity contribution in [1.82, 2.24) is 9.80 Å². The minimum atomic E-state index is -0.123. The summed E-state index contributed by atoms with van der Waals surface area (Å²) < 4.78 is 0. The van der Waals surface area contributed by atoms with E-state index in [9.17, 15) is 9.59 Å². The first-order valence-corrected chi connectivity index (χ1v) is 10.2. The molecule has 1 fully saturated rings. The third kappa shape index (κ3) is 3.70. The summed E-state index contributed by atoms with van der Waals surface area (Å²) in [6.07, 6.45) is 0. The number of aryl methyl sites for hydroxylation is 1. The summed E-state index contributed by atoms with van der Waals surface area (Å²) >= 11 is 0. The summed E-state index contributed by atoms with van der Waals surface area (Å²) in [5.74, 6) is -0.199. The number of rotatable bonds is 4. The van der Waals surface area contributed by atoms with E-state index >= 15 is 0 Å². The highest BCUT2D eigenvalue weighted by Gasteiger charge is 2.36. The van der Waals surface area contributed by atoms with Crippen LogP contribution in [-0.4, -0.2) is 53.6 Å². The predicted octanol–water partition coefficient (Wildman–Crippen LogP) is 3.72. The SMILES string of the molecule is Cc1ccc(NC2=C(N3CCN(C(C)C)CC3)C(=O)c3ccccc3C2=O)cc1. The molecule has 2 aromatic carbocycles. The van der Waals surface area contributed by atoms with Gasteiger partial charge in [-0.25, -0.2) is 0 Å². The van der Waals surface area contributed by atoms with Crippen LogP contribution in [0.3, 0.4) is 0 Å². The molecule has 0 unspecified atom stereocenters. The molecule has 2 aliphatic rings. The standard InChI is InChI=1S/C24H27N3O2/c1-16(2)26-12-14-27(15-13-26)22-21(25-18-10-8-17(3)9-11-18)23(28)19-6-4-5-7-20(19)24(22)29/h4-11,16,25H,12-15H2,1-3H3. The summed E-state index contributed by atoms with van der Waals surface area (Å²) in [6.45, 7) is 9.61. The number of piperazine rings is 1. The van der Waals surface area contributed by atoms with E-state index in [2.05, 4.69) is 29.0 Å². The number of benzene rings is 2. The zero-order valence-electron chi connectivity index (χ0n) is 17.2. The summed E-state index contributed by atoms with van der Waals surface area (Å²) in [5.41, 5.74) is 3.80. The Balaban J connectivity index is 1.74. The van der Waals surface area contributed by atoms with Gasteiger partial charge in [0.15, 0.2) is 0 Å². The van der Waals surface area contributed by atoms with E-state index in [1.807, 2.05) is 37.3 Å². The van der Waals surface area contributed by atoms with Gasteiger partial charge in [0.2, 0.25) is 11.6 Å². The number of anilines is 1. The summed E-state index contributed by atoms with van der Waals surface area (Å²) in [6, 6.07) is 15.4. The first-order chi connectivity index (χ1) is 14.0. The fourth-order valence-electron chi connectivity index (χ4n) is 4.02. The Kier molecular flexibility index (Phi) is 5.24. The van der Waals surface area contributed by atoms with Gasteiger partial charge >= 0.3 is 0 Å². The Hall–Kier alpha value is -2.92. The molecule has 5 heteroatoms. The first kappa shape index (κ1) is 19.4. The summed E-state index contributed by atoms with van der Waals surface area (Å²) in [5, 5.41) is 3.26. The van der Waals surface area contributed by atoms with E-state index in [1.54, 1.807) is 18.2 Å². The summed E-state index contributed by atoms with van der Waals surface area (Å²) in [4.78, 5) is 31.2. The lowest BCUT2D eigenvalue weighted by Crippen LogP contribution is -2.50. The number of fused-ring (bicyclic) bond motifs is 1. The van der Waals surface area contributed by atoms with Gasteiger partial charge in [0.25, 0.3) is 0 Å². The Morgan fingerprint density at radius 2 is 1.41 bits per heavy atom. The quantitative estimate of drug-likeness (QED) is 0.864. The Morgan fingerprint density at radius 3 is 2.00 bits per heavy atom. The van der Waals surface area contributed by atoms with Crippen molar-refractivity contribution in [2.45, 2.75) is 26.8 Å². The minimum Gasteiger partial charge on any atom is -0.364 e. The third-order valence-electron chi connectivity index (χ3n) is 5.78. The van der Waals surface area contributed by atoms with Crippen LogP contribution >= 0.6 is 0 Å². The number of hydrogen-bond acceptors (Lipinski definition) is 5. The molecule has 2 aromatic rings. The van der Waals surface area contributed by atoms with Crippen LogP contribution in [0.1, 0.15) is 40.1 Å². The van der Waals surface area contributed by atoms with Gasteiger partial charge in [0, 0.05) is 49.0 Å². The normalized spacial score (nSPS) is 17.7. The maximum absolute atomic E-state index is 13.4. The molecular weight excluding hydrogens is 362 g/mol. The van der Waals surface area contributed by atoms with Crippen LogP contribution in [0.15, 0.2) is 59.9 Å². The van der Waals surface area contributed by atoms with E-state index in [0.717, 1.165) is 37.4 Å². The van der Waals surface area contributed by atoms with E-state index in [0.29, 0.717) is 28.6 Å². The molecule has 0 amide bonds. The van der Waals surface area contributed by atoms with Crippen molar-refractivity contribution in [1.29, 1.82) is 0 Å². The number of carbonyl (C=O) groups is 2. The van der Waals surface area contributed by atoms with Gasteiger partial charge in [0.05, 0.1) is 0 Å². The van der Waals surface area contributed by atoms with E-state index in [-0.39, 0.29) is 11.6 Å². The van der Waals surface area contributed by atoms with Crippen molar-refractivity contribution in [3.05, 3.63) is 76.6 Å². The van der Waals surface area contributed by atoms with Crippen LogP contribution in [0.2, 0.25) is 0 Å². The molecular formula is C24H27N3O2. The maximum atomic E-state index is 13.4. The van der Waals surface area contributed by atoms with Crippen LogP contribution in [-0.2, 0) is 0 Å². The van der Waals surface area contributed by atoms with Gasteiger partial charge in [0.1, 0.15) is 11.4 Å². The number of ketones is 2. The third-order valence-corrected chi connectivity index (χ3v) is 5.78. The first-order valence-electron chi connectivity index (χ1n) is 10.2. The summed E-state index contributed by atoms with van der Waals surface area (Å²) in [7, 11) is 0. The van der Waals surface area contributed by atoms with Gasteiger partial charge in [-0.15, -0.1) is 0 Å². The Labute approximate surface area is 172 Å². The van der Waals surface area contributed by atoms with Crippen molar-refractivity contribution in [3.8, 4) is 0 Å². The van der Waals surface area contributed by atoms with Crippen LogP contribution < -0.4 is 5.32 Å². The molecule has 0 spiro atoms. The molecule has 0 radical (unpaired) electrons. The number of nitrogens with one attached hydrogen (secondary N) is 1. The average Bonchev–Trinajstić information content (AvgIpc) is 2.73. The highest BCUT2D eigenvalue weighted by atomic mass is 16.1. The zero-order valence-corrected chi connectivity index (χ0v) is 17.2. The highest BCUT2D eigenvalue weighted by molar-refractivity contribution is 6.27. The van der Waals surface area contributed by atoms with Crippen LogP contribution in [0, 0.1) is 6.92 Å². The highest BCUT2D eigenvalue weighted by Crippen LogP contribution is 2.30. The number of Topliss-reactive ketones (excluding diaryl/α,β-unsaturated/α-hetero) is 2. The smallest absolute Gasteiger partial charge is 0.212 e. The topological polar surface area (TPSA) is 52.6 Å². The number of nitrogens with zero attached hydrogens (tertiary/aromatic N) is 2. The molecule has 1 heterocycles. The van der Waals surface area contributed by atoms with Gasteiger partial charge in [-0.2, -0.15) is 0 Å². The predicted molar refractivity (Wildman–Crippen MR) is 115 cm³/mol. The second-order valence-electron chi connectivity index (χ2n) is 8.04. The fourth-order valence-corrected chi connectivity index (χ4v) is 4.02. The monoisotopic (exact) mass is 389 g/mol. The van der Waals surface area contributed by atoms with Crippen LogP contribution in [0.5, 0.6) is 0 Å². The second-order valence-corrected chi connectivity index (χ2v) is 8.04. The molecule has 29 heavy (non-hydrogen) atoms. The molecule has 4 rings (SSSR count). The van der Waals surface area contributed by atoms with Crippen molar-refractivity contribution >= 4 is 17.3 Å². The Bertz CT molecular complexity index is 968. The van der Waals surface area contributed by atoms with E-state index in [4.69, 9.17) is 0 Å². The van der Waals surface area contributed by atoms with Crippen molar-refractivity contribution in [2.24, 2.45) is 0 Å². The van der Waals surface area contributed by atoms with Crippen molar-refractivity contribution in [2.75, 3.05) is 31.5 Å².